The quantitative estimate of drug-likeness (QED) is 0.663. The Labute approximate surface area is 103 Å². The first kappa shape index (κ1) is 11.8. The molecule has 0 bridgehead atoms. The average molecular weight is 245 g/mol. The maximum Gasteiger partial charge on any atom is 0.310 e. The van der Waals surface area contributed by atoms with Crippen molar-refractivity contribution in [3.63, 3.8) is 0 Å². The maximum absolute atomic E-state index is 10.9. The number of benzene rings is 1. The zero-order valence-electron chi connectivity index (χ0n) is 9.65. The van der Waals surface area contributed by atoms with Crippen LogP contribution in [0.1, 0.15) is 0 Å². The Hall–Kier alpha value is -2.63. The third kappa shape index (κ3) is 2.08. The van der Waals surface area contributed by atoms with Crippen LogP contribution in [-0.2, 0) is 0 Å². The second-order valence-electron chi connectivity index (χ2n) is 3.67. The third-order valence-electron chi connectivity index (χ3n) is 2.58. The van der Waals surface area contributed by atoms with Crippen LogP contribution in [0.2, 0.25) is 0 Å². The van der Waals surface area contributed by atoms with Gasteiger partial charge in [0.15, 0.2) is 0 Å². The van der Waals surface area contributed by atoms with E-state index in [2.05, 4.69) is 4.98 Å². The first-order valence-corrected chi connectivity index (χ1v) is 5.21. The minimum Gasteiger partial charge on any atom is -0.506 e. The summed E-state index contributed by atoms with van der Waals surface area (Å²) >= 11 is 0. The predicted octanol–water partition coefficient (Wildman–Crippen LogP) is 2.46. The molecule has 0 unspecified atom stereocenters. The standard InChI is InChI=1S/C12H11N3O3/c1-14(10-4-2-3-5-12(10)16)9-6-7-13-8-11(9)15(17)18/h2-8,16H,1H3. The minimum atomic E-state index is -0.501. The van der Waals surface area contributed by atoms with Crippen molar-refractivity contribution in [2.45, 2.75) is 0 Å². The van der Waals surface area contributed by atoms with Crippen molar-refractivity contribution in [3.05, 3.63) is 52.8 Å². The van der Waals surface area contributed by atoms with Crippen LogP contribution >= 0.6 is 0 Å². The van der Waals surface area contributed by atoms with Gasteiger partial charge in [0.2, 0.25) is 0 Å². The lowest BCUT2D eigenvalue weighted by Crippen LogP contribution is -2.11. The number of phenolic OH excluding ortho intramolecular Hbond substituents is 1. The number of aromatic hydroxyl groups is 1. The molecule has 2 rings (SSSR count). The van der Waals surface area contributed by atoms with Crippen LogP contribution in [0.4, 0.5) is 17.1 Å². The first-order chi connectivity index (χ1) is 8.61. The van der Waals surface area contributed by atoms with Gasteiger partial charge in [-0.05, 0) is 18.2 Å². The van der Waals surface area contributed by atoms with Gasteiger partial charge in [0.1, 0.15) is 17.6 Å². The van der Waals surface area contributed by atoms with Gasteiger partial charge >= 0.3 is 5.69 Å². The highest BCUT2D eigenvalue weighted by Crippen LogP contribution is 2.35. The Bertz CT molecular complexity index is 586. The first-order valence-electron chi connectivity index (χ1n) is 5.21. The maximum atomic E-state index is 10.9. The van der Waals surface area contributed by atoms with Gasteiger partial charge in [0.05, 0.1) is 10.6 Å². The molecule has 0 aliphatic heterocycles. The zero-order chi connectivity index (χ0) is 13.1. The van der Waals surface area contributed by atoms with Crippen molar-refractivity contribution < 1.29 is 10.0 Å². The minimum absolute atomic E-state index is 0.0612. The molecule has 0 radical (unpaired) electrons. The highest BCUT2D eigenvalue weighted by atomic mass is 16.6. The molecule has 92 valence electrons. The molecule has 0 atom stereocenters. The Morgan fingerprint density at radius 2 is 2.00 bits per heavy atom. The van der Waals surface area contributed by atoms with E-state index in [-0.39, 0.29) is 11.4 Å². The Balaban J connectivity index is 2.50. The summed E-state index contributed by atoms with van der Waals surface area (Å²) in [5.74, 6) is 0.0612. The molecular weight excluding hydrogens is 234 g/mol. The summed E-state index contributed by atoms with van der Waals surface area (Å²) in [5, 5.41) is 20.7. The molecule has 18 heavy (non-hydrogen) atoms. The number of nitrogens with zero attached hydrogens (tertiary/aromatic N) is 3. The molecule has 1 heterocycles. The molecule has 0 spiro atoms. The molecule has 0 amide bonds. The number of hydrogen-bond acceptors (Lipinski definition) is 5. The highest BCUT2D eigenvalue weighted by molar-refractivity contribution is 5.73. The second-order valence-corrected chi connectivity index (χ2v) is 3.67. The Kier molecular flexibility index (Phi) is 3.09. The fourth-order valence-corrected chi connectivity index (χ4v) is 1.68. The summed E-state index contributed by atoms with van der Waals surface area (Å²) in [5.41, 5.74) is 0.756. The number of nitro groups is 1. The highest BCUT2D eigenvalue weighted by Gasteiger charge is 2.19. The largest absolute Gasteiger partial charge is 0.506 e. The Morgan fingerprint density at radius 3 is 2.67 bits per heavy atom. The SMILES string of the molecule is CN(c1ccccc1O)c1ccncc1[N+](=O)[O-]. The lowest BCUT2D eigenvalue weighted by Gasteiger charge is -2.19. The van der Waals surface area contributed by atoms with Gasteiger partial charge in [-0.1, -0.05) is 12.1 Å². The fourth-order valence-electron chi connectivity index (χ4n) is 1.68. The number of para-hydroxylation sites is 2. The molecule has 1 N–H and O–H groups in total. The Morgan fingerprint density at radius 1 is 1.28 bits per heavy atom. The number of pyridine rings is 1. The van der Waals surface area contributed by atoms with Crippen molar-refractivity contribution >= 4 is 17.1 Å². The van der Waals surface area contributed by atoms with E-state index in [0.717, 1.165) is 0 Å². The lowest BCUT2D eigenvalue weighted by atomic mass is 10.2. The molecule has 0 aliphatic rings. The topological polar surface area (TPSA) is 79.5 Å². The van der Waals surface area contributed by atoms with Gasteiger partial charge in [0.25, 0.3) is 0 Å². The van der Waals surface area contributed by atoms with Crippen molar-refractivity contribution in [3.8, 4) is 5.75 Å². The number of anilines is 2. The van der Waals surface area contributed by atoms with Crippen molar-refractivity contribution in [1.82, 2.24) is 4.98 Å². The molecule has 1 aromatic heterocycles. The molecule has 2 aromatic rings. The van der Waals surface area contributed by atoms with Gasteiger partial charge in [0, 0.05) is 13.2 Å². The number of hydrogen-bond donors (Lipinski definition) is 1. The number of rotatable bonds is 3. The second kappa shape index (κ2) is 4.70. The molecule has 0 saturated heterocycles. The number of phenols is 1. The zero-order valence-corrected chi connectivity index (χ0v) is 9.65. The monoisotopic (exact) mass is 245 g/mol. The summed E-state index contributed by atoms with van der Waals surface area (Å²) in [6, 6.07) is 8.18. The van der Waals surface area contributed by atoms with Crippen LogP contribution in [0.25, 0.3) is 0 Å². The summed E-state index contributed by atoms with van der Waals surface area (Å²) < 4.78 is 0. The van der Waals surface area contributed by atoms with E-state index < -0.39 is 4.92 Å². The van der Waals surface area contributed by atoms with E-state index in [4.69, 9.17) is 0 Å². The smallest absolute Gasteiger partial charge is 0.310 e. The van der Waals surface area contributed by atoms with Crippen LogP contribution in [0.15, 0.2) is 42.7 Å². The van der Waals surface area contributed by atoms with Crippen LogP contribution in [0.3, 0.4) is 0 Å². The molecule has 6 heteroatoms. The normalized spacial score (nSPS) is 10.1. The molecule has 0 saturated carbocycles. The molecule has 6 nitrogen and oxygen atoms in total. The average Bonchev–Trinajstić information content (AvgIpc) is 2.38. The summed E-state index contributed by atoms with van der Waals surface area (Å²) in [6.07, 6.45) is 2.66. The predicted molar refractivity (Wildman–Crippen MR) is 67.1 cm³/mol. The van der Waals surface area contributed by atoms with E-state index in [1.165, 1.54) is 24.5 Å². The summed E-state index contributed by atoms with van der Waals surface area (Å²) in [6.45, 7) is 0. The molecule has 1 aromatic carbocycles. The summed E-state index contributed by atoms with van der Waals surface area (Å²) in [7, 11) is 1.65. The van der Waals surface area contributed by atoms with E-state index in [9.17, 15) is 15.2 Å². The van der Waals surface area contributed by atoms with Gasteiger partial charge < -0.3 is 10.0 Å². The molecular formula is C12H11N3O3. The van der Waals surface area contributed by atoms with Crippen LogP contribution in [-0.4, -0.2) is 22.1 Å². The van der Waals surface area contributed by atoms with Gasteiger partial charge in [-0.25, -0.2) is 0 Å². The van der Waals surface area contributed by atoms with E-state index in [1.54, 1.807) is 30.1 Å². The van der Waals surface area contributed by atoms with E-state index >= 15 is 0 Å². The van der Waals surface area contributed by atoms with Crippen LogP contribution < -0.4 is 4.90 Å². The summed E-state index contributed by atoms with van der Waals surface area (Å²) in [4.78, 5) is 15.7. The van der Waals surface area contributed by atoms with Gasteiger partial charge in [-0.2, -0.15) is 0 Å². The molecule has 0 aliphatic carbocycles. The van der Waals surface area contributed by atoms with E-state index in [0.29, 0.717) is 11.4 Å². The fraction of sp³-hybridized carbons (Fsp3) is 0.0833. The van der Waals surface area contributed by atoms with Crippen LogP contribution in [0.5, 0.6) is 5.75 Å². The third-order valence-corrected chi connectivity index (χ3v) is 2.58. The van der Waals surface area contributed by atoms with E-state index in [1.807, 2.05) is 0 Å². The van der Waals surface area contributed by atoms with Crippen molar-refractivity contribution in [1.29, 1.82) is 0 Å². The number of aromatic nitrogens is 1. The van der Waals surface area contributed by atoms with Crippen molar-refractivity contribution in [2.24, 2.45) is 0 Å². The van der Waals surface area contributed by atoms with Crippen LogP contribution in [0, 0.1) is 10.1 Å². The molecule has 0 fully saturated rings. The van der Waals surface area contributed by atoms with Crippen molar-refractivity contribution in [2.75, 3.05) is 11.9 Å². The van der Waals surface area contributed by atoms with Gasteiger partial charge in [-0.15, -0.1) is 0 Å². The lowest BCUT2D eigenvalue weighted by molar-refractivity contribution is -0.384. The van der Waals surface area contributed by atoms with Gasteiger partial charge in [-0.3, -0.25) is 15.1 Å².